The number of nitrogens with one attached hydrogen (secondary N) is 1. The van der Waals surface area contributed by atoms with Gasteiger partial charge in [-0.25, -0.2) is 4.98 Å². The summed E-state index contributed by atoms with van der Waals surface area (Å²) in [4.78, 5) is 35.1. The van der Waals surface area contributed by atoms with Crippen LogP contribution in [0.4, 0.5) is 0 Å². The number of H-pyrrole nitrogens is 1. The molecule has 1 aliphatic rings. The Labute approximate surface area is 142 Å². The first kappa shape index (κ1) is 18.1. The molecule has 2 heterocycles. The number of nitrogens with zero attached hydrogens (tertiary/aromatic N) is 3. The number of hydrogen-bond donors (Lipinski definition) is 1. The third-order valence-corrected chi connectivity index (χ3v) is 4.21. The number of carbonyl (C=O) groups is 1. The van der Waals surface area contributed by atoms with Gasteiger partial charge in [0.05, 0.1) is 12.2 Å². The summed E-state index contributed by atoms with van der Waals surface area (Å²) in [7, 11) is 0. The van der Waals surface area contributed by atoms with E-state index >= 15 is 0 Å². The molecule has 1 atom stereocenters. The van der Waals surface area contributed by atoms with Crippen LogP contribution in [0.1, 0.15) is 30.3 Å². The lowest BCUT2D eigenvalue weighted by Gasteiger charge is -2.33. The maximum atomic E-state index is 12.5. The Bertz CT molecular complexity index is 643. The molecule has 0 aromatic carbocycles. The van der Waals surface area contributed by atoms with Crippen LogP contribution in [0.25, 0.3) is 0 Å². The average Bonchev–Trinajstić information content (AvgIpc) is 2.54. The zero-order valence-electron chi connectivity index (χ0n) is 14.3. The molecular formula is C18H26N4O2. The Hall–Kier alpha value is -2.21. The van der Waals surface area contributed by atoms with Crippen molar-refractivity contribution in [1.29, 1.82) is 0 Å². The predicted molar refractivity (Wildman–Crippen MR) is 95.0 cm³/mol. The molecule has 1 aromatic heterocycles. The molecule has 0 spiro atoms. The summed E-state index contributed by atoms with van der Waals surface area (Å²) < 4.78 is 0. The molecular weight excluding hydrogens is 304 g/mol. The van der Waals surface area contributed by atoms with Gasteiger partial charge >= 0.3 is 0 Å². The van der Waals surface area contributed by atoms with Crippen molar-refractivity contribution in [3.63, 3.8) is 0 Å². The molecule has 6 heteroatoms. The van der Waals surface area contributed by atoms with Crippen molar-refractivity contribution in [3.8, 4) is 0 Å². The van der Waals surface area contributed by atoms with Crippen LogP contribution in [0, 0.1) is 6.92 Å². The minimum Gasteiger partial charge on any atom is -0.334 e. The van der Waals surface area contributed by atoms with Crippen LogP contribution >= 0.6 is 0 Å². The normalized spacial score (nSPS) is 18.1. The lowest BCUT2D eigenvalue weighted by atomic mass is 9.94. The van der Waals surface area contributed by atoms with Gasteiger partial charge in [-0.15, -0.1) is 13.2 Å². The lowest BCUT2D eigenvalue weighted by molar-refractivity contribution is -0.131. The van der Waals surface area contributed by atoms with Crippen LogP contribution in [-0.2, 0) is 4.79 Å². The van der Waals surface area contributed by atoms with Crippen molar-refractivity contribution in [1.82, 2.24) is 19.8 Å². The van der Waals surface area contributed by atoms with Crippen LogP contribution in [0.2, 0.25) is 0 Å². The topological polar surface area (TPSA) is 69.3 Å². The number of aromatic nitrogens is 2. The summed E-state index contributed by atoms with van der Waals surface area (Å²) >= 11 is 0. The zero-order valence-corrected chi connectivity index (χ0v) is 14.3. The van der Waals surface area contributed by atoms with Gasteiger partial charge in [0.25, 0.3) is 5.56 Å². The van der Waals surface area contributed by atoms with E-state index in [1.807, 2.05) is 0 Å². The third kappa shape index (κ3) is 4.89. The van der Waals surface area contributed by atoms with Crippen molar-refractivity contribution in [2.45, 2.75) is 25.7 Å². The van der Waals surface area contributed by atoms with Gasteiger partial charge in [-0.3, -0.25) is 14.5 Å². The lowest BCUT2D eigenvalue weighted by Crippen LogP contribution is -2.44. The first-order valence-corrected chi connectivity index (χ1v) is 8.33. The minimum absolute atomic E-state index is 0.0745. The fourth-order valence-electron chi connectivity index (χ4n) is 3.13. The van der Waals surface area contributed by atoms with Gasteiger partial charge in [0.2, 0.25) is 5.91 Å². The van der Waals surface area contributed by atoms with E-state index in [1.54, 1.807) is 30.0 Å². The molecule has 1 N–H and O–H groups in total. The van der Waals surface area contributed by atoms with Crippen molar-refractivity contribution in [2.75, 3.05) is 32.7 Å². The Morgan fingerprint density at radius 3 is 2.79 bits per heavy atom. The maximum Gasteiger partial charge on any atom is 0.251 e. The summed E-state index contributed by atoms with van der Waals surface area (Å²) in [5.41, 5.74) is 0.705. The molecule has 1 aliphatic heterocycles. The highest BCUT2D eigenvalue weighted by Crippen LogP contribution is 2.24. The number of amides is 1. The van der Waals surface area contributed by atoms with E-state index in [0.717, 1.165) is 31.6 Å². The van der Waals surface area contributed by atoms with E-state index in [4.69, 9.17) is 0 Å². The molecule has 0 radical (unpaired) electrons. The Balaban J connectivity index is 2.02. The summed E-state index contributed by atoms with van der Waals surface area (Å²) in [5.74, 6) is 0.902. The van der Waals surface area contributed by atoms with Gasteiger partial charge in [-0.05, 0) is 26.3 Å². The van der Waals surface area contributed by atoms with E-state index in [9.17, 15) is 9.59 Å². The quantitative estimate of drug-likeness (QED) is 0.769. The van der Waals surface area contributed by atoms with Gasteiger partial charge in [-0.1, -0.05) is 12.2 Å². The molecule has 1 fully saturated rings. The highest BCUT2D eigenvalue weighted by atomic mass is 16.2. The number of rotatable bonds is 7. The summed E-state index contributed by atoms with van der Waals surface area (Å²) in [6.07, 6.45) is 5.44. The van der Waals surface area contributed by atoms with Crippen LogP contribution < -0.4 is 5.56 Å². The van der Waals surface area contributed by atoms with Crippen LogP contribution in [-0.4, -0.2) is 58.4 Å². The second-order valence-corrected chi connectivity index (χ2v) is 6.21. The average molecular weight is 330 g/mol. The van der Waals surface area contributed by atoms with Gasteiger partial charge in [0, 0.05) is 31.6 Å². The largest absolute Gasteiger partial charge is 0.334 e. The number of likely N-dealkylation sites (tertiary alicyclic amines) is 1. The summed E-state index contributed by atoms with van der Waals surface area (Å²) in [6.45, 7) is 12.2. The predicted octanol–water partition coefficient (Wildman–Crippen LogP) is 1.46. The second kappa shape index (κ2) is 8.59. The van der Waals surface area contributed by atoms with Gasteiger partial charge < -0.3 is 9.88 Å². The van der Waals surface area contributed by atoms with E-state index in [2.05, 4.69) is 28.0 Å². The van der Waals surface area contributed by atoms with Crippen molar-refractivity contribution in [3.05, 3.63) is 53.2 Å². The second-order valence-electron chi connectivity index (χ2n) is 6.21. The molecule has 0 bridgehead atoms. The van der Waals surface area contributed by atoms with Gasteiger partial charge in [0.1, 0.15) is 5.82 Å². The van der Waals surface area contributed by atoms with Crippen molar-refractivity contribution < 1.29 is 4.79 Å². The standard InChI is InChI=1S/C18H26N4O2/c1-4-8-22(9-5-2)18(24)13-21-10-6-7-15(12-21)16-11-17(23)20-14(3)19-16/h4-5,11,15H,1-2,6-10,12-13H2,3H3,(H,19,20,23)/t15-/m1/s1. The maximum absolute atomic E-state index is 12.5. The molecule has 0 unspecified atom stereocenters. The number of piperidine rings is 1. The molecule has 130 valence electrons. The van der Waals surface area contributed by atoms with Crippen molar-refractivity contribution >= 4 is 5.91 Å². The van der Waals surface area contributed by atoms with E-state index in [-0.39, 0.29) is 17.4 Å². The minimum atomic E-state index is -0.117. The molecule has 1 saturated heterocycles. The molecule has 2 rings (SSSR count). The van der Waals surface area contributed by atoms with E-state index in [1.165, 1.54) is 0 Å². The van der Waals surface area contributed by atoms with Crippen LogP contribution in [0.15, 0.2) is 36.2 Å². The van der Waals surface area contributed by atoms with Crippen LogP contribution in [0.5, 0.6) is 0 Å². The van der Waals surface area contributed by atoms with Gasteiger partial charge in [0.15, 0.2) is 0 Å². The molecule has 1 amide bonds. The first-order chi connectivity index (χ1) is 11.5. The number of aromatic amines is 1. The van der Waals surface area contributed by atoms with Crippen molar-refractivity contribution in [2.24, 2.45) is 0 Å². The Kier molecular flexibility index (Phi) is 6.49. The first-order valence-electron chi connectivity index (χ1n) is 8.33. The van der Waals surface area contributed by atoms with E-state index in [0.29, 0.717) is 25.5 Å². The number of carbonyl (C=O) groups excluding carboxylic acids is 1. The molecule has 1 aromatic rings. The molecule has 0 saturated carbocycles. The monoisotopic (exact) mass is 330 g/mol. The molecule has 6 nitrogen and oxygen atoms in total. The SMILES string of the molecule is C=CCN(CC=C)C(=O)CN1CCC[C@@H](c2cc(=O)[nH]c(C)n2)C1. The zero-order chi connectivity index (χ0) is 17.5. The van der Waals surface area contributed by atoms with Gasteiger partial charge in [-0.2, -0.15) is 0 Å². The molecule has 0 aliphatic carbocycles. The highest BCUT2D eigenvalue weighted by Gasteiger charge is 2.25. The number of aryl methyl sites for hydroxylation is 1. The highest BCUT2D eigenvalue weighted by molar-refractivity contribution is 5.78. The third-order valence-electron chi connectivity index (χ3n) is 4.21. The fraction of sp³-hybridized carbons (Fsp3) is 0.500. The Morgan fingerprint density at radius 1 is 1.46 bits per heavy atom. The molecule has 24 heavy (non-hydrogen) atoms. The number of hydrogen-bond acceptors (Lipinski definition) is 4. The van der Waals surface area contributed by atoms with Crippen LogP contribution in [0.3, 0.4) is 0 Å². The fourth-order valence-corrected chi connectivity index (χ4v) is 3.13. The summed E-state index contributed by atoms with van der Waals surface area (Å²) in [6, 6.07) is 1.57. The Morgan fingerprint density at radius 2 is 2.17 bits per heavy atom. The summed E-state index contributed by atoms with van der Waals surface area (Å²) in [5, 5.41) is 0. The smallest absolute Gasteiger partial charge is 0.251 e. The van der Waals surface area contributed by atoms with E-state index < -0.39 is 0 Å².